The molecule has 2 aliphatic heterocycles. The van der Waals surface area contributed by atoms with Crippen LogP contribution in [0.15, 0.2) is 54.7 Å². The summed E-state index contributed by atoms with van der Waals surface area (Å²) in [6.45, 7) is 4.12. The summed E-state index contributed by atoms with van der Waals surface area (Å²) in [5.41, 5.74) is 2.95. The molecule has 0 bridgehead atoms. The standard InChI is InChI=1S/C33H42N4O3/c38-31-28-12-4-6-14-30(28)40-22-19-35-32(39)33(15-7-8-18-34-31)16-20-36(21-17-33)23-25-24-37(26-9-1-2-10-26)29-13-5-3-11-27(25)29/h3-6,11-14,24,26H,1-2,7-10,15-23H2,(H,34,38)(H,35,39). The number of para-hydroxylation sites is 2. The zero-order chi connectivity index (χ0) is 27.4. The van der Waals surface area contributed by atoms with Crippen LogP contribution in [0.25, 0.3) is 10.9 Å². The number of rotatable bonds is 3. The first kappa shape index (κ1) is 26.9. The van der Waals surface area contributed by atoms with E-state index in [9.17, 15) is 9.59 Å². The Balaban J connectivity index is 1.12. The number of aromatic nitrogens is 1. The number of amides is 2. The summed E-state index contributed by atoms with van der Waals surface area (Å²) < 4.78 is 8.43. The van der Waals surface area contributed by atoms with Crippen LogP contribution >= 0.6 is 0 Å². The number of nitrogens with one attached hydrogen (secondary N) is 2. The Morgan fingerprint density at radius 1 is 0.850 bits per heavy atom. The molecule has 6 rings (SSSR count). The highest BCUT2D eigenvalue weighted by atomic mass is 16.5. The van der Waals surface area contributed by atoms with Gasteiger partial charge in [0, 0.05) is 36.2 Å². The van der Waals surface area contributed by atoms with Crippen LogP contribution in [0.1, 0.15) is 79.8 Å². The van der Waals surface area contributed by atoms with E-state index in [1.54, 1.807) is 6.07 Å². The predicted molar refractivity (Wildman–Crippen MR) is 158 cm³/mol. The summed E-state index contributed by atoms with van der Waals surface area (Å²) >= 11 is 0. The van der Waals surface area contributed by atoms with Gasteiger partial charge in [0.05, 0.1) is 17.5 Å². The van der Waals surface area contributed by atoms with E-state index >= 15 is 0 Å². The number of carbonyl (C=O) groups excluding carboxylic acids is 2. The highest BCUT2D eigenvalue weighted by Crippen LogP contribution is 2.39. The summed E-state index contributed by atoms with van der Waals surface area (Å²) in [5.74, 6) is 0.612. The first-order valence-electron chi connectivity index (χ1n) is 15.2. The van der Waals surface area contributed by atoms with Gasteiger partial charge in [0.1, 0.15) is 12.4 Å². The molecule has 7 heteroatoms. The van der Waals surface area contributed by atoms with Crippen LogP contribution in [0.3, 0.4) is 0 Å². The molecule has 7 nitrogen and oxygen atoms in total. The van der Waals surface area contributed by atoms with E-state index in [-0.39, 0.29) is 17.2 Å². The maximum Gasteiger partial charge on any atom is 0.255 e. The number of ether oxygens (including phenoxy) is 1. The summed E-state index contributed by atoms with van der Waals surface area (Å²) in [6, 6.07) is 16.8. The number of nitrogens with zero attached hydrogens (tertiary/aromatic N) is 2. The number of piperidine rings is 1. The number of hydrogen-bond acceptors (Lipinski definition) is 4. The van der Waals surface area contributed by atoms with Gasteiger partial charge in [0.15, 0.2) is 0 Å². The minimum atomic E-state index is -0.361. The van der Waals surface area contributed by atoms with Crippen LogP contribution in [-0.2, 0) is 11.3 Å². The van der Waals surface area contributed by atoms with E-state index in [0.29, 0.717) is 37.1 Å². The largest absolute Gasteiger partial charge is 0.491 e. The third-order valence-corrected chi connectivity index (χ3v) is 9.37. The third-order valence-electron chi connectivity index (χ3n) is 9.37. The van der Waals surface area contributed by atoms with Crippen LogP contribution < -0.4 is 15.4 Å². The van der Waals surface area contributed by atoms with Gasteiger partial charge in [-0.25, -0.2) is 0 Å². The average molecular weight is 543 g/mol. The Kier molecular flexibility index (Phi) is 8.10. The van der Waals surface area contributed by atoms with E-state index in [1.165, 1.54) is 42.1 Å². The fourth-order valence-electron chi connectivity index (χ4n) is 7.04. The van der Waals surface area contributed by atoms with Crippen molar-refractivity contribution in [3.8, 4) is 5.75 Å². The van der Waals surface area contributed by atoms with Crippen molar-refractivity contribution in [3.05, 3.63) is 65.9 Å². The Morgan fingerprint density at radius 2 is 1.62 bits per heavy atom. The van der Waals surface area contributed by atoms with Crippen LogP contribution in [0.4, 0.5) is 0 Å². The van der Waals surface area contributed by atoms with Gasteiger partial charge in [0.25, 0.3) is 5.91 Å². The van der Waals surface area contributed by atoms with E-state index in [1.807, 2.05) is 18.2 Å². The van der Waals surface area contributed by atoms with Crippen molar-refractivity contribution in [1.29, 1.82) is 0 Å². The molecule has 2 fully saturated rings. The minimum Gasteiger partial charge on any atom is -0.491 e. The van der Waals surface area contributed by atoms with E-state index in [4.69, 9.17) is 4.74 Å². The average Bonchev–Trinajstić information content (AvgIpc) is 3.64. The predicted octanol–water partition coefficient (Wildman–Crippen LogP) is 5.45. The van der Waals surface area contributed by atoms with Crippen molar-refractivity contribution < 1.29 is 14.3 Å². The molecule has 3 aromatic rings. The molecule has 1 spiro atoms. The highest BCUT2D eigenvalue weighted by molar-refractivity contribution is 5.96. The van der Waals surface area contributed by atoms with E-state index in [2.05, 4.69) is 50.6 Å². The van der Waals surface area contributed by atoms with Gasteiger partial charge in [-0.3, -0.25) is 14.5 Å². The van der Waals surface area contributed by atoms with Crippen LogP contribution in [0.2, 0.25) is 0 Å². The van der Waals surface area contributed by atoms with Crippen molar-refractivity contribution >= 4 is 22.7 Å². The van der Waals surface area contributed by atoms with Crippen molar-refractivity contribution in [1.82, 2.24) is 20.1 Å². The number of benzene rings is 2. The van der Waals surface area contributed by atoms with Crippen LogP contribution in [0, 0.1) is 5.41 Å². The first-order chi connectivity index (χ1) is 19.6. The molecule has 212 valence electrons. The highest BCUT2D eigenvalue weighted by Gasteiger charge is 2.40. The lowest BCUT2D eigenvalue weighted by atomic mass is 9.73. The van der Waals surface area contributed by atoms with Crippen LogP contribution in [-0.4, -0.2) is 54.1 Å². The minimum absolute atomic E-state index is 0.103. The molecular weight excluding hydrogens is 500 g/mol. The monoisotopic (exact) mass is 542 g/mol. The van der Waals surface area contributed by atoms with Gasteiger partial charge in [-0.05, 0) is 75.4 Å². The molecular formula is C33H42N4O3. The first-order valence-corrected chi connectivity index (χ1v) is 15.2. The fraction of sp³-hybridized carbons (Fsp3) is 0.515. The smallest absolute Gasteiger partial charge is 0.255 e. The zero-order valence-corrected chi connectivity index (χ0v) is 23.5. The molecule has 2 N–H and O–H groups in total. The maximum absolute atomic E-state index is 13.6. The number of carbonyl (C=O) groups is 2. The normalized spacial score (nSPS) is 21.4. The molecule has 0 radical (unpaired) electrons. The molecule has 3 heterocycles. The molecule has 0 unspecified atom stereocenters. The summed E-state index contributed by atoms with van der Waals surface area (Å²) in [5, 5.41) is 7.58. The Labute approximate surface area is 237 Å². The summed E-state index contributed by atoms with van der Waals surface area (Å²) in [6.07, 6.45) is 12.0. The van der Waals surface area contributed by atoms with Crippen molar-refractivity contribution in [2.75, 3.05) is 32.8 Å². The Morgan fingerprint density at radius 3 is 2.48 bits per heavy atom. The lowest BCUT2D eigenvalue weighted by Crippen LogP contribution is -2.49. The number of likely N-dealkylation sites (tertiary alicyclic amines) is 1. The van der Waals surface area contributed by atoms with Gasteiger partial charge in [-0.2, -0.15) is 0 Å². The third kappa shape index (κ3) is 5.62. The molecule has 1 aromatic heterocycles. The summed E-state index contributed by atoms with van der Waals surface area (Å²) in [4.78, 5) is 28.8. The lowest BCUT2D eigenvalue weighted by Gasteiger charge is -2.41. The second kappa shape index (κ2) is 12.0. The van der Waals surface area contributed by atoms with Gasteiger partial charge in [-0.15, -0.1) is 0 Å². The molecule has 1 saturated heterocycles. The Bertz CT molecular complexity index is 1330. The van der Waals surface area contributed by atoms with Gasteiger partial charge < -0.3 is 19.9 Å². The van der Waals surface area contributed by atoms with Crippen molar-refractivity contribution in [3.63, 3.8) is 0 Å². The number of fused-ring (bicyclic) bond motifs is 2. The molecule has 1 saturated carbocycles. The van der Waals surface area contributed by atoms with Crippen LogP contribution in [0.5, 0.6) is 5.75 Å². The molecule has 2 aromatic carbocycles. The molecule has 2 amide bonds. The quantitative estimate of drug-likeness (QED) is 0.462. The second-order valence-corrected chi connectivity index (χ2v) is 11.9. The van der Waals surface area contributed by atoms with Gasteiger partial charge in [0.2, 0.25) is 5.91 Å². The second-order valence-electron chi connectivity index (χ2n) is 11.9. The Hall–Kier alpha value is -3.32. The van der Waals surface area contributed by atoms with E-state index in [0.717, 1.165) is 51.7 Å². The molecule has 1 aliphatic carbocycles. The van der Waals surface area contributed by atoms with E-state index < -0.39 is 0 Å². The SMILES string of the molecule is O=C1NCCCCC2(CCN(Cc3cn(C4CCCC4)c4ccccc34)CC2)C(=O)NCCOc2ccccc21. The maximum atomic E-state index is 13.6. The van der Waals surface area contributed by atoms with Gasteiger partial charge >= 0.3 is 0 Å². The topological polar surface area (TPSA) is 75.6 Å². The lowest BCUT2D eigenvalue weighted by molar-refractivity contribution is -0.134. The molecule has 3 aliphatic rings. The van der Waals surface area contributed by atoms with Crippen molar-refractivity contribution in [2.45, 2.75) is 70.4 Å². The molecule has 0 atom stereocenters. The van der Waals surface area contributed by atoms with Gasteiger partial charge in [-0.1, -0.05) is 49.6 Å². The van der Waals surface area contributed by atoms with Crippen molar-refractivity contribution in [2.24, 2.45) is 5.41 Å². The molecule has 40 heavy (non-hydrogen) atoms. The fourth-order valence-corrected chi connectivity index (χ4v) is 7.04. The number of hydrogen-bond donors (Lipinski definition) is 2. The summed E-state index contributed by atoms with van der Waals surface area (Å²) in [7, 11) is 0. The zero-order valence-electron chi connectivity index (χ0n) is 23.5.